The van der Waals surface area contributed by atoms with Gasteiger partial charge in [-0.3, -0.25) is 4.57 Å². The normalized spacial score (nSPS) is 13.4. The van der Waals surface area contributed by atoms with Crippen LogP contribution in [0.3, 0.4) is 0 Å². The van der Waals surface area contributed by atoms with E-state index in [-0.39, 0.29) is 6.04 Å². The van der Waals surface area contributed by atoms with E-state index in [1.54, 1.807) is 6.20 Å². The van der Waals surface area contributed by atoms with Gasteiger partial charge < -0.3 is 16.2 Å². The third kappa shape index (κ3) is 3.45. The van der Waals surface area contributed by atoms with Gasteiger partial charge >= 0.3 is 6.09 Å². The highest BCUT2D eigenvalue weighted by atomic mass is 79.9. The van der Waals surface area contributed by atoms with Crippen molar-refractivity contribution in [3.8, 4) is 0 Å². The lowest BCUT2D eigenvalue weighted by Crippen LogP contribution is -2.27. The Hall–Kier alpha value is -1.37. The van der Waals surface area contributed by atoms with Crippen LogP contribution in [0.1, 0.15) is 32.4 Å². The predicted octanol–water partition coefficient (Wildman–Crippen LogP) is 3.15. The number of hydrogen-bond donors (Lipinski definition) is 2. The van der Waals surface area contributed by atoms with Crippen molar-refractivity contribution in [3.63, 3.8) is 0 Å². The van der Waals surface area contributed by atoms with Gasteiger partial charge in [0.15, 0.2) is 0 Å². The van der Waals surface area contributed by atoms with Gasteiger partial charge in [-0.2, -0.15) is 0 Å². The van der Waals surface area contributed by atoms with Crippen LogP contribution < -0.4 is 11.5 Å². The molecule has 114 valence electrons. The summed E-state index contributed by atoms with van der Waals surface area (Å²) in [5.41, 5.74) is 12.7. The molecule has 1 aromatic heterocycles. The second-order valence-electron chi connectivity index (χ2n) is 5.94. The summed E-state index contributed by atoms with van der Waals surface area (Å²) in [6.45, 7) is 5.80. The van der Waals surface area contributed by atoms with Gasteiger partial charge in [0, 0.05) is 28.6 Å². The summed E-state index contributed by atoms with van der Waals surface area (Å²) in [5.74, 6) is 0. The first-order valence-electron chi connectivity index (χ1n) is 6.72. The standard InChI is InChI=1S/C15H20BrN3O2/c1-15(2,3)21-14(20)19-8-11(12(18)7-17)10-6-9(16)4-5-13(10)19/h4-6,8,12H,7,17-18H2,1-3H3. The molecule has 2 rings (SSSR count). The Balaban J connectivity index is 2.57. The topological polar surface area (TPSA) is 83.3 Å². The van der Waals surface area contributed by atoms with E-state index in [4.69, 9.17) is 16.2 Å². The number of rotatable bonds is 2. The first-order valence-corrected chi connectivity index (χ1v) is 7.51. The van der Waals surface area contributed by atoms with Crippen molar-refractivity contribution in [2.75, 3.05) is 6.54 Å². The van der Waals surface area contributed by atoms with Crippen molar-refractivity contribution in [2.24, 2.45) is 11.5 Å². The van der Waals surface area contributed by atoms with Crippen LogP contribution >= 0.6 is 15.9 Å². The number of ether oxygens (including phenoxy) is 1. The molecule has 0 aliphatic heterocycles. The van der Waals surface area contributed by atoms with Crippen LogP contribution in [-0.4, -0.2) is 22.8 Å². The van der Waals surface area contributed by atoms with Gasteiger partial charge in [-0.05, 0) is 44.5 Å². The van der Waals surface area contributed by atoms with E-state index in [2.05, 4.69) is 15.9 Å². The van der Waals surface area contributed by atoms with Gasteiger partial charge in [-0.15, -0.1) is 0 Å². The molecule has 0 aliphatic rings. The Labute approximate surface area is 132 Å². The highest BCUT2D eigenvalue weighted by Crippen LogP contribution is 2.29. The number of carbonyl (C=O) groups is 1. The predicted molar refractivity (Wildman–Crippen MR) is 87.3 cm³/mol. The summed E-state index contributed by atoms with van der Waals surface area (Å²) in [6.07, 6.45) is 1.29. The molecule has 1 aromatic carbocycles. The van der Waals surface area contributed by atoms with Crippen molar-refractivity contribution in [1.29, 1.82) is 0 Å². The van der Waals surface area contributed by atoms with Crippen molar-refractivity contribution in [3.05, 3.63) is 34.4 Å². The van der Waals surface area contributed by atoms with Crippen LogP contribution in [0.25, 0.3) is 10.9 Å². The molecule has 0 bridgehead atoms. The number of aromatic nitrogens is 1. The number of benzene rings is 1. The van der Waals surface area contributed by atoms with Gasteiger partial charge in [0.25, 0.3) is 0 Å². The minimum absolute atomic E-state index is 0.306. The summed E-state index contributed by atoms with van der Waals surface area (Å²) >= 11 is 3.44. The number of halogens is 1. The van der Waals surface area contributed by atoms with Crippen LogP contribution in [0, 0.1) is 0 Å². The maximum atomic E-state index is 12.3. The van der Waals surface area contributed by atoms with Crippen LogP contribution in [0.5, 0.6) is 0 Å². The Bertz CT molecular complexity index is 673. The first-order chi connectivity index (χ1) is 9.73. The van der Waals surface area contributed by atoms with Gasteiger partial charge in [0.2, 0.25) is 0 Å². The van der Waals surface area contributed by atoms with E-state index in [9.17, 15) is 4.79 Å². The fourth-order valence-electron chi connectivity index (χ4n) is 2.11. The molecule has 1 heterocycles. The summed E-state index contributed by atoms with van der Waals surface area (Å²) in [7, 11) is 0. The lowest BCUT2D eigenvalue weighted by atomic mass is 10.1. The highest BCUT2D eigenvalue weighted by molar-refractivity contribution is 9.10. The smallest absolute Gasteiger partial charge is 0.419 e. The van der Waals surface area contributed by atoms with Crippen molar-refractivity contribution in [2.45, 2.75) is 32.4 Å². The zero-order valence-corrected chi connectivity index (χ0v) is 14.0. The van der Waals surface area contributed by atoms with E-state index in [0.29, 0.717) is 6.54 Å². The molecule has 0 aliphatic carbocycles. The first kappa shape index (κ1) is 16.0. The molecule has 4 N–H and O–H groups in total. The number of fused-ring (bicyclic) bond motifs is 1. The maximum Gasteiger partial charge on any atom is 0.419 e. The van der Waals surface area contributed by atoms with E-state index in [0.717, 1.165) is 20.9 Å². The largest absolute Gasteiger partial charge is 0.443 e. The zero-order valence-electron chi connectivity index (χ0n) is 12.4. The summed E-state index contributed by atoms with van der Waals surface area (Å²) in [6, 6.07) is 5.34. The fraction of sp³-hybridized carbons (Fsp3) is 0.400. The van der Waals surface area contributed by atoms with Crippen LogP contribution in [0.15, 0.2) is 28.9 Å². The number of nitrogens with zero attached hydrogens (tertiary/aromatic N) is 1. The quantitative estimate of drug-likeness (QED) is 0.868. The Kier molecular flexibility index (Phi) is 4.41. The van der Waals surface area contributed by atoms with Crippen molar-refractivity contribution < 1.29 is 9.53 Å². The molecule has 0 saturated carbocycles. The molecule has 21 heavy (non-hydrogen) atoms. The Morgan fingerprint density at radius 2 is 2.10 bits per heavy atom. The molecule has 0 spiro atoms. The Morgan fingerprint density at radius 3 is 2.67 bits per heavy atom. The summed E-state index contributed by atoms with van der Waals surface area (Å²) in [5, 5.41) is 0.896. The van der Waals surface area contributed by atoms with Crippen LogP contribution in [0.2, 0.25) is 0 Å². The lowest BCUT2D eigenvalue weighted by Gasteiger charge is -2.19. The van der Waals surface area contributed by atoms with E-state index in [1.165, 1.54) is 4.57 Å². The van der Waals surface area contributed by atoms with Crippen molar-refractivity contribution in [1.82, 2.24) is 4.57 Å². The third-order valence-corrected chi connectivity index (χ3v) is 3.53. The molecule has 0 amide bonds. The molecular formula is C15H20BrN3O2. The second kappa shape index (κ2) is 5.79. The fourth-order valence-corrected chi connectivity index (χ4v) is 2.47. The summed E-state index contributed by atoms with van der Waals surface area (Å²) in [4.78, 5) is 12.3. The highest BCUT2D eigenvalue weighted by Gasteiger charge is 2.22. The molecule has 5 nitrogen and oxygen atoms in total. The molecule has 0 radical (unpaired) electrons. The molecule has 2 aromatic rings. The van der Waals surface area contributed by atoms with Gasteiger partial charge in [0.1, 0.15) is 5.60 Å². The maximum absolute atomic E-state index is 12.3. The lowest BCUT2D eigenvalue weighted by molar-refractivity contribution is 0.0544. The number of carbonyl (C=O) groups excluding carboxylic acids is 1. The van der Waals surface area contributed by atoms with Crippen molar-refractivity contribution >= 4 is 32.9 Å². The average molecular weight is 354 g/mol. The zero-order chi connectivity index (χ0) is 15.8. The summed E-state index contributed by atoms with van der Waals surface area (Å²) < 4.78 is 7.83. The van der Waals surface area contributed by atoms with E-state index < -0.39 is 11.7 Å². The second-order valence-corrected chi connectivity index (χ2v) is 6.85. The molecule has 6 heteroatoms. The molecule has 0 fully saturated rings. The minimum Gasteiger partial charge on any atom is -0.443 e. The van der Waals surface area contributed by atoms with Crippen LogP contribution in [-0.2, 0) is 4.74 Å². The third-order valence-electron chi connectivity index (χ3n) is 3.04. The van der Waals surface area contributed by atoms with Crippen LogP contribution in [0.4, 0.5) is 4.79 Å². The van der Waals surface area contributed by atoms with Gasteiger partial charge in [-0.25, -0.2) is 4.79 Å². The molecular weight excluding hydrogens is 334 g/mol. The monoisotopic (exact) mass is 353 g/mol. The molecule has 1 atom stereocenters. The van der Waals surface area contributed by atoms with Gasteiger partial charge in [-0.1, -0.05) is 15.9 Å². The van der Waals surface area contributed by atoms with E-state index >= 15 is 0 Å². The Morgan fingerprint density at radius 1 is 1.43 bits per heavy atom. The minimum atomic E-state index is -0.556. The van der Waals surface area contributed by atoms with E-state index in [1.807, 2.05) is 39.0 Å². The SMILES string of the molecule is CC(C)(C)OC(=O)n1cc(C(N)CN)c2cc(Br)ccc21. The average Bonchev–Trinajstić information content (AvgIpc) is 2.74. The molecule has 1 unspecified atom stereocenters. The number of hydrogen-bond acceptors (Lipinski definition) is 4. The molecule has 0 saturated heterocycles. The van der Waals surface area contributed by atoms with Gasteiger partial charge in [0.05, 0.1) is 5.52 Å². The number of nitrogens with two attached hydrogens (primary N) is 2.